The molecule has 1 amide bonds. The van der Waals surface area contributed by atoms with E-state index in [1.807, 2.05) is 0 Å². The second-order valence-corrected chi connectivity index (χ2v) is 9.47. The first kappa shape index (κ1) is 27.1. The van der Waals surface area contributed by atoms with Crippen LogP contribution in [-0.4, -0.2) is 49.5 Å². The van der Waals surface area contributed by atoms with Gasteiger partial charge in [-0.3, -0.25) is 9.10 Å². The van der Waals surface area contributed by atoms with Crippen molar-refractivity contribution in [2.24, 2.45) is 0 Å². The van der Waals surface area contributed by atoms with Gasteiger partial charge in [0.25, 0.3) is 15.9 Å². The second-order valence-electron chi connectivity index (χ2n) is 7.66. The Hall–Kier alpha value is -3.46. The highest BCUT2D eigenvalue weighted by molar-refractivity contribution is 7.92. The molecule has 15 heteroatoms. The Balaban J connectivity index is 1.89. The zero-order valence-electron chi connectivity index (χ0n) is 18.4. The number of rotatable bonds is 7. The molecule has 0 saturated carbocycles. The van der Waals surface area contributed by atoms with Gasteiger partial charge in [0.05, 0.1) is 22.2 Å². The molecule has 3 rings (SSSR count). The third-order valence-corrected chi connectivity index (χ3v) is 6.97. The van der Waals surface area contributed by atoms with Crippen LogP contribution in [0.2, 0.25) is 0 Å². The van der Waals surface area contributed by atoms with Crippen molar-refractivity contribution in [1.82, 2.24) is 5.06 Å². The number of alkyl halides is 3. The van der Waals surface area contributed by atoms with Crippen molar-refractivity contribution in [3.63, 3.8) is 0 Å². The highest BCUT2D eigenvalue weighted by Gasteiger charge is 2.36. The minimum absolute atomic E-state index is 0.000510. The lowest BCUT2D eigenvalue weighted by molar-refractivity contribution is -0.199. The number of nitrogens with zero attached hydrogens (tertiary/aromatic N) is 2. The van der Waals surface area contributed by atoms with E-state index in [4.69, 9.17) is 4.74 Å². The van der Waals surface area contributed by atoms with Gasteiger partial charge in [-0.25, -0.2) is 22.0 Å². The number of sulfonamides is 1. The van der Waals surface area contributed by atoms with Gasteiger partial charge in [-0.15, -0.1) is 5.06 Å². The smallest absolute Gasteiger partial charge is 0.430 e. The number of anilines is 1. The zero-order valence-corrected chi connectivity index (χ0v) is 19.2. The van der Waals surface area contributed by atoms with Crippen LogP contribution in [0.5, 0.6) is 0 Å². The van der Waals surface area contributed by atoms with Crippen LogP contribution in [0, 0.1) is 11.6 Å². The topological polar surface area (TPSA) is 113 Å². The van der Waals surface area contributed by atoms with Crippen molar-refractivity contribution in [3.05, 3.63) is 59.7 Å². The number of carbonyl (C=O) groups is 2. The predicted octanol–water partition coefficient (Wildman–Crippen LogP) is 3.58. The minimum Gasteiger partial charge on any atom is -0.430 e. The van der Waals surface area contributed by atoms with E-state index in [0.29, 0.717) is 45.8 Å². The molecule has 1 heterocycles. The lowest BCUT2D eigenvalue weighted by Crippen LogP contribution is -2.43. The number of aliphatic hydroxyl groups excluding tert-OH is 1. The van der Waals surface area contributed by atoms with Crippen LogP contribution in [0.15, 0.2) is 47.4 Å². The van der Waals surface area contributed by atoms with E-state index in [9.17, 15) is 45.1 Å². The van der Waals surface area contributed by atoms with Gasteiger partial charge in [0, 0.05) is 18.9 Å². The maximum atomic E-state index is 14.6. The molecule has 0 radical (unpaired) electrons. The van der Waals surface area contributed by atoms with Crippen molar-refractivity contribution < 1.29 is 54.6 Å². The summed E-state index contributed by atoms with van der Waals surface area (Å²) < 4.78 is 98.9. The van der Waals surface area contributed by atoms with E-state index in [1.54, 1.807) is 0 Å². The fraction of sp³-hybridized carbons (Fsp3) is 0.333. The van der Waals surface area contributed by atoms with E-state index < -0.39 is 74.9 Å². The predicted molar refractivity (Wildman–Crippen MR) is 111 cm³/mol. The third-order valence-electron chi connectivity index (χ3n) is 5.03. The Kier molecular flexibility index (Phi) is 7.73. The van der Waals surface area contributed by atoms with Crippen LogP contribution < -0.4 is 4.31 Å². The largest absolute Gasteiger partial charge is 0.533 e. The Morgan fingerprint density at radius 2 is 1.83 bits per heavy atom. The fourth-order valence-corrected chi connectivity index (χ4v) is 4.95. The van der Waals surface area contributed by atoms with Crippen LogP contribution in [0.4, 0.5) is 32.4 Å². The summed E-state index contributed by atoms with van der Waals surface area (Å²) in [5.74, 6) is -2.92. The number of benzene rings is 2. The molecular weight excluding hydrogens is 519 g/mol. The van der Waals surface area contributed by atoms with Crippen LogP contribution >= 0.6 is 0 Å². The molecule has 9 nitrogen and oxygen atoms in total. The number of hydroxylamine groups is 2. The van der Waals surface area contributed by atoms with Gasteiger partial charge >= 0.3 is 12.3 Å². The normalized spacial score (nSPS) is 17.1. The molecule has 1 N–H and O–H groups in total. The van der Waals surface area contributed by atoms with Crippen LogP contribution in [0.25, 0.3) is 0 Å². The molecule has 1 fully saturated rings. The van der Waals surface area contributed by atoms with Crippen molar-refractivity contribution in [1.29, 1.82) is 0 Å². The van der Waals surface area contributed by atoms with Crippen LogP contribution in [0.3, 0.4) is 0 Å². The van der Waals surface area contributed by atoms with Gasteiger partial charge in [-0.05, 0) is 43.3 Å². The molecule has 196 valence electrons. The van der Waals surface area contributed by atoms with E-state index in [0.717, 1.165) is 13.0 Å². The molecule has 1 aliphatic rings. The monoisotopic (exact) mass is 538 g/mol. The molecule has 0 aromatic heterocycles. The molecule has 2 aromatic rings. The molecule has 2 atom stereocenters. The summed E-state index contributed by atoms with van der Waals surface area (Å²) in [7, 11) is -4.82. The Bertz CT molecular complexity index is 1240. The fourth-order valence-electron chi connectivity index (χ4n) is 3.31. The lowest BCUT2D eigenvalue weighted by atomic mass is 10.2. The summed E-state index contributed by atoms with van der Waals surface area (Å²) in [5.41, 5.74) is -1.94. The van der Waals surface area contributed by atoms with Crippen molar-refractivity contribution in [2.45, 2.75) is 43.1 Å². The number of amides is 1. The second kappa shape index (κ2) is 10.3. The number of ether oxygens (including phenoxy) is 1. The van der Waals surface area contributed by atoms with E-state index in [2.05, 4.69) is 4.84 Å². The first-order valence-corrected chi connectivity index (χ1v) is 11.7. The van der Waals surface area contributed by atoms with E-state index in [-0.39, 0.29) is 12.8 Å². The molecular formula is C21H19F5N2O7S. The summed E-state index contributed by atoms with van der Waals surface area (Å²) in [6, 6.07) is 2.76. The maximum Gasteiger partial charge on any atom is 0.533 e. The molecule has 0 spiro atoms. The SMILES string of the molecule is C[C@H](COC(=O)ON1C(=O)CCC1O)N(c1cc(F)ccc1F)S(=O)(=O)c1ccc(C(F)(F)F)cc1. The molecule has 2 aromatic carbocycles. The molecule has 1 aliphatic heterocycles. The molecule has 0 aliphatic carbocycles. The summed E-state index contributed by atoms with van der Waals surface area (Å²) in [6.45, 7) is 0.335. The van der Waals surface area contributed by atoms with Gasteiger partial charge in [0.1, 0.15) is 18.2 Å². The van der Waals surface area contributed by atoms with E-state index >= 15 is 0 Å². The van der Waals surface area contributed by atoms with Gasteiger partial charge in [-0.2, -0.15) is 13.2 Å². The minimum atomic E-state index is -4.82. The Morgan fingerprint density at radius 1 is 1.19 bits per heavy atom. The summed E-state index contributed by atoms with van der Waals surface area (Å²) >= 11 is 0. The van der Waals surface area contributed by atoms with Crippen molar-refractivity contribution >= 4 is 27.8 Å². The molecule has 36 heavy (non-hydrogen) atoms. The highest BCUT2D eigenvalue weighted by atomic mass is 32.2. The van der Waals surface area contributed by atoms with Gasteiger partial charge in [0.2, 0.25) is 0 Å². The third kappa shape index (κ3) is 5.84. The number of hydrogen-bond donors (Lipinski definition) is 1. The number of halogens is 5. The lowest BCUT2D eigenvalue weighted by Gasteiger charge is -2.30. The standard InChI is InChI=1S/C21H19F5N2O7S/c1-12(11-34-20(31)35-27-18(29)8-9-19(27)30)28(17-10-14(22)4-7-16(17)23)36(32,33)15-5-2-13(3-6-15)21(24,25)26/h2-7,10,12,18,29H,8-9,11H2,1H3/t12-,18?/m1/s1. The summed E-state index contributed by atoms with van der Waals surface area (Å²) in [6.07, 6.45) is -7.74. The van der Waals surface area contributed by atoms with Crippen LogP contribution in [-0.2, 0) is 30.6 Å². The first-order chi connectivity index (χ1) is 16.7. The molecule has 1 saturated heterocycles. The maximum absolute atomic E-state index is 14.6. The van der Waals surface area contributed by atoms with Crippen LogP contribution in [0.1, 0.15) is 25.3 Å². The number of aliphatic hydroxyl groups is 1. The highest BCUT2D eigenvalue weighted by Crippen LogP contribution is 2.33. The Labute approximate surface area is 201 Å². The zero-order chi connectivity index (χ0) is 26.8. The number of hydrogen-bond acceptors (Lipinski definition) is 7. The van der Waals surface area contributed by atoms with E-state index in [1.165, 1.54) is 0 Å². The first-order valence-electron chi connectivity index (χ1n) is 10.2. The summed E-state index contributed by atoms with van der Waals surface area (Å²) in [4.78, 5) is 27.5. The van der Waals surface area contributed by atoms with Gasteiger partial charge in [0.15, 0.2) is 6.23 Å². The molecule has 0 bridgehead atoms. The van der Waals surface area contributed by atoms with Crippen molar-refractivity contribution in [2.75, 3.05) is 10.9 Å². The number of carbonyl (C=O) groups excluding carboxylic acids is 2. The Morgan fingerprint density at radius 3 is 2.39 bits per heavy atom. The van der Waals surface area contributed by atoms with Gasteiger partial charge in [-0.1, -0.05) is 0 Å². The molecule has 1 unspecified atom stereocenters. The average Bonchev–Trinajstić information content (AvgIpc) is 3.11. The van der Waals surface area contributed by atoms with Crippen molar-refractivity contribution in [3.8, 4) is 0 Å². The van der Waals surface area contributed by atoms with Gasteiger partial charge < -0.3 is 14.7 Å². The summed E-state index contributed by atoms with van der Waals surface area (Å²) in [5, 5.41) is 9.99. The quantitative estimate of drug-likeness (QED) is 0.424. The average molecular weight is 538 g/mol.